The highest BCUT2D eigenvalue weighted by Crippen LogP contribution is 2.48. The Morgan fingerprint density at radius 2 is 2.10 bits per heavy atom. The van der Waals surface area contributed by atoms with Gasteiger partial charge in [0.2, 0.25) is 0 Å². The number of hydrogen-bond acceptors (Lipinski definition) is 3. The van der Waals surface area contributed by atoms with Crippen LogP contribution >= 0.6 is 0 Å². The minimum Gasteiger partial charge on any atom is -0.496 e. The van der Waals surface area contributed by atoms with Crippen LogP contribution in [0.25, 0.3) is 0 Å². The van der Waals surface area contributed by atoms with Crippen LogP contribution in [0.4, 0.5) is 4.39 Å². The number of rotatable bonds is 4. The molecule has 4 heteroatoms. The molecule has 0 amide bonds. The summed E-state index contributed by atoms with van der Waals surface area (Å²) in [6.07, 6.45) is 0.0928. The number of benzene rings is 1. The SMILES string of the molecule is COc1ccc(F)cc1C(O)c1ccc(C2CC2C)o1. The largest absolute Gasteiger partial charge is 0.496 e. The predicted octanol–water partition coefficient (Wildman–Crippen LogP) is 3.63. The summed E-state index contributed by atoms with van der Waals surface area (Å²) in [5.41, 5.74) is 0.372. The van der Waals surface area contributed by atoms with E-state index in [1.54, 1.807) is 6.07 Å². The normalized spacial score (nSPS) is 22.6. The number of aliphatic hydroxyl groups is 1. The van der Waals surface area contributed by atoms with Crippen LogP contribution < -0.4 is 4.74 Å². The molecule has 1 aliphatic carbocycles. The third-order valence-corrected chi connectivity index (χ3v) is 3.88. The van der Waals surface area contributed by atoms with E-state index >= 15 is 0 Å². The maximum Gasteiger partial charge on any atom is 0.140 e. The van der Waals surface area contributed by atoms with Crippen molar-refractivity contribution in [2.45, 2.75) is 25.4 Å². The van der Waals surface area contributed by atoms with Crippen LogP contribution in [0.1, 0.15) is 42.5 Å². The minimum atomic E-state index is -1.02. The Morgan fingerprint density at radius 3 is 2.75 bits per heavy atom. The third kappa shape index (κ3) is 2.31. The second-order valence-corrected chi connectivity index (χ2v) is 5.35. The quantitative estimate of drug-likeness (QED) is 0.927. The summed E-state index contributed by atoms with van der Waals surface area (Å²) in [7, 11) is 1.49. The molecule has 1 aromatic carbocycles. The molecule has 0 bridgehead atoms. The molecule has 1 saturated carbocycles. The Bertz CT molecular complexity index is 620. The van der Waals surface area contributed by atoms with E-state index in [4.69, 9.17) is 9.15 Å². The molecule has 0 aliphatic heterocycles. The average molecular weight is 276 g/mol. The molecule has 2 aromatic rings. The van der Waals surface area contributed by atoms with E-state index in [0.29, 0.717) is 28.9 Å². The van der Waals surface area contributed by atoms with Crippen LogP contribution in [0.5, 0.6) is 5.75 Å². The van der Waals surface area contributed by atoms with Gasteiger partial charge in [0.15, 0.2) is 0 Å². The number of ether oxygens (including phenoxy) is 1. The molecule has 0 spiro atoms. The van der Waals surface area contributed by atoms with Gasteiger partial charge in [0.1, 0.15) is 29.2 Å². The first-order chi connectivity index (χ1) is 9.60. The monoisotopic (exact) mass is 276 g/mol. The number of halogens is 1. The van der Waals surface area contributed by atoms with Crippen molar-refractivity contribution in [1.29, 1.82) is 0 Å². The molecule has 1 aromatic heterocycles. The molecular formula is C16H17FO3. The Kier molecular flexibility index (Phi) is 3.26. The van der Waals surface area contributed by atoms with Crippen molar-refractivity contribution in [1.82, 2.24) is 0 Å². The van der Waals surface area contributed by atoms with Gasteiger partial charge in [0.25, 0.3) is 0 Å². The molecule has 3 rings (SSSR count). The van der Waals surface area contributed by atoms with Gasteiger partial charge in [-0.2, -0.15) is 0 Å². The topological polar surface area (TPSA) is 42.6 Å². The Labute approximate surface area is 117 Å². The fourth-order valence-corrected chi connectivity index (χ4v) is 2.51. The highest BCUT2D eigenvalue weighted by atomic mass is 19.1. The van der Waals surface area contributed by atoms with Gasteiger partial charge in [-0.05, 0) is 42.7 Å². The predicted molar refractivity (Wildman–Crippen MR) is 72.2 cm³/mol. The number of furan rings is 1. The lowest BCUT2D eigenvalue weighted by molar-refractivity contribution is 0.182. The number of hydrogen-bond donors (Lipinski definition) is 1. The van der Waals surface area contributed by atoms with Gasteiger partial charge in [0, 0.05) is 11.5 Å². The summed E-state index contributed by atoms with van der Waals surface area (Å²) in [5, 5.41) is 10.4. The third-order valence-electron chi connectivity index (χ3n) is 3.88. The van der Waals surface area contributed by atoms with E-state index in [1.807, 2.05) is 6.07 Å². The highest BCUT2D eigenvalue weighted by molar-refractivity contribution is 5.39. The Balaban J connectivity index is 1.90. The van der Waals surface area contributed by atoms with Gasteiger partial charge in [-0.3, -0.25) is 0 Å². The molecular weight excluding hydrogens is 259 g/mol. The second kappa shape index (κ2) is 4.94. The van der Waals surface area contributed by atoms with Crippen LogP contribution in [-0.2, 0) is 0 Å². The average Bonchev–Trinajstić information content (AvgIpc) is 2.99. The number of aliphatic hydroxyl groups excluding tert-OH is 1. The maximum atomic E-state index is 13.4. The van der Waals surface area contributed by atoms with E-state index < -0.39 is 11.9 Å². The molecule has 3 nitrogen and oxygen atoms in total. The number of methoxy groups -OCH3 is 1. The van der Waals surface area contributed by atoms with Gasteiger partial charge in [0.05, 0.1) is 7.11 Å². The van der Waals surface area contributed by atoms with Crippen molar-refractivity contribution in [3.8, 4) is 5.75 Å². The molecule has 3 unspecified atom stereocenters. The lowest BCUT2D eigenvalue weighted by Gasteiger charge is -2.13. The van der Waals surface area contributed by atoms with E-state index in [1.165, 1.54) is 25.3 Å². The maximum absolute atomic E-state index is 13.4. The zero-order valence-corrected chi connectivity index (χ0v) is 11.5. The molecule has 0 saturated heterocycles. The van der Waals surface area contributed by atoms with Gasteiger partial charge >= 0.3 is 0 Å². The van der Waals surface area contributed by atoms with E-state index in [0.717, 1.165) is 12.2 Å². The van der Waals surface area contributed by atoms with Crippen LogP contribution in [0.3, 0.4) is 0 Å². The Hall–Kier alpha value is -1.81. The molecule has 1 N–H and O–H groups in total. The fourth-order valence-electron chi connectivity index (χ4n) is 2.51. The van der Waals surface area contributed by atoms with Gasteiger partial charge in [-0.1, -0.05) is 6.92 Å². The summed E-state index contributed by atoms with van der Waals surface area (Å²) >= 11 is 0. The highest BCUT2D eigenvalue weighted by Gasteiger charge is 2.37. The first-order valence-corrected chi connectivity index (χ1v) is 6.71. The van der Waals surface area contributed by atoms with Crippen LogP contribution in [0.15, 0.2) is 34.7 Å². The van der Waals surface area contributed by atoms with Crippen LogP contribution in [0.2, 0.25) is 0 Å². The zero-order chi connectivity index (χ0) is 14.3. The summed E-state index contributed by atoms with van der Waals surface area (Å²) in [6.45, 7) is 2.17. The minimum absolute atomic E-state index is 0.372. The van der Waals surface area contributed by atoms with E-state index in [9.17, 15) is 9.50 Å². The van der Waals surface area contributed by atoms with Crippen molar-refractivity contribution in [3.05, 3.63) is 53.2 Å². The molecule has 1 fully saturated rings. The molecule has 1 heterocycles. The van der Waals surface area contributed by atoms with Crippen LogP contribution in [0, 0.1) is 11.7 Å². The summed E-state index contributed by atoms with van der Waals surface area (Å²) in [5.74, 6) is 2.42. The Morgan fingerprint density at radius 1 is 1.35 bits per heavy atom. The fraction of sp³-hybridized carbons (Fsp3) is 0.375. The van der Waals surface area contributed by atoms with Gasteiger partial charge in [-0.15, -0.1) is 0 Å². The van der Waals surface area contributed by atoms with Crippen molar-refractivity contribution in [3.63, 3.8) is 0 Å². The van der Waals surface area contributed by atoms with Crippen molar-refractivity contribution in [2.75, 3.05) is 7.11 Å². The molecule has 1 aliphatic rings. The summed E-state index contributed by atoms with van der Waals surface area (Å²) in [4.78, 5) is 0. The lowest BCUT2D eigenvalue weighted by Crippen LogP contribution is -2.02. The van der Waals surface area contributed by atoms with Gasteiger partial charge < -0.3 is 14.3 Å². The first kappa shape index (κ1) is 13.2. The smallest absolute Gasteiger partial charge is 0.140 e. The summed E-state index contributed by atoms with van der Waals surface area (Å²) < 4.78 is 24.2. The molecule has 106 valence electrons. The summed E-state index contributed by atoms with van der Waals surface area (Å²) in [6, 6.07) is 7.70. The van der Waals surface area contributed by atoms with E-state index in [-0.39, 0.29) is 0 Å². The van der Waals surface area contributed by atoms with Crippen molar-refractivity contribution >= 4 is 0 Å². The van der Waals surface area contributed by atoms with Gasteiger partial charge in [-0.25, -0.2) is 4.39 Å². The van der Waals surface area contributed by atoms with Crippen molar-refractivity contribution < 1.29 is 18.7 Å². The zero-order valence-electron chi connectivity index (χ0n) is 11.5. The molecule has 0 radical (unpaired) electrons. The molecule has 20 heavy (non-hydrogen) atoms. The first-order valence-electron chi connectivity index (χ1n) is 6.71. The second-order valence-electron chi connectivity index (χ2n) is 5.35. The molecule has 3 atom stereocenters. The van der Waals surface area contributed by atoms with Crippen molar-refractivity contribution in [2.24, 2.45) is 5.92 Å². The van der Waals surface area contributed by atoms with Crippen LogP contribution in [-0.4, -0.2) is 12.2 Å². The standard InChI is InChI=1S/C16H17FO3/c1-9-7-11(9)14-5-6-15(20-14)16(18)12-8-10(17)3-4-13(12)19-2/h3-6,8-9,11,16,18H,7H2,1-2H3. The lowest BCUT2D eigenvalue weighted by atomic mass is 10.1. The van der Waals surface area contributed by atoms with E-state index in [2.05, 4.69) is 6.92 Å².